The third-order valence-corrected chi connectivity index (χ3v) is 4.72. The highest BCUT2D eigenvalue weighted by molar-refractivity contribution is 5.99. The average Bonchev–Trinajstić information content (AvgIpc) is 3.18. The molecule has 2 aromatic rings. The minimum atomic E-state index is -1.07. The van der Waals surface area contributed by atoms with Crippen molar-refractivity contribution in [2.45, 2.75) is 12.6 Å². The fourth-order valence-corrected chi connectivity index (χ4v) is 3.30. The Labute approximate surface area is 168 Å². The zero-order chi connectivity index (χ0) is 20.8. The molecule has 1 saturated heterocycles. The van der Waals surface area contributed by atoms with E-state index >= 15 is 0 Å². The van der Waals surface area contributed by atoms with E-state index in [-0.39, 0.29) is 44.1 Å². The van der Waals surface area contributed by atoms with Crippen molar-refractivity contribution in [2.75, 3.05) is 26.2 Å². The molecule has 0 aliphatic carbocycles. The number of nitrogens with two attached hydrogens (primary N) is 1. The first-order valence-electron chi connectivity index (χ1n) is 9.39. The fraction of sp³-hybridized carbons (Fsp3) is 0.286. The summed E-state index contributed by atoms with van der Waals surface area (Å²) in [6.07, 6.45) is -0.949. The van der Waals surface area contributed by atoms with E-state index in [1.54, 1.807) is 0 Å². The van der Waals surface area contributed by atoms with E-state index in [0.29, 0.717) is 0 Å². The van der Waals surface area contributed by atoms with Gasteiger partial charge in [0.1, 0.15) is 5.82 Å². The predicted molar refractivity (Wildman–Crippen MR) is 105 cm³/mol. The Morgan fingerprint density at radius 3 is 2.31 bits per heavy atom. The van der Waals surface area contributed by atoms with E-state index in [1.807, 2.05) is 30.3 Å². The lowest BCUT2D eigenvalue weighted by Crippen LogP contribution is -2.54. The SMILES string of the molecule is NCCNC(=O)C1N(C(=O)Cc2ccccc2)CCN1C(=O)c1ccc(F)cc1. The van der Waals surface area contributed by atoms with E-state index in [0.717, 1.165) is 5.56 Å². The number of carbonyl (C=O) groups is 3. The van der Waals surface area contributed by atoms with Gasteiger partial charge in [0.2, 0.25) is 5.91 Å². The Kier molecular flexibility index (Phi) is 6.56. The molecule has 1 aliphatic rings. The molecule has 3 rings (SSSR count). The predicted octanol–water partition coefficient (Wildman–Crippen LogP) is 0.754. The lowest BCUT2D eigenvalue weighted by molar-refractivity contribution is -0.140. The lowest BCUT2D eigenvalue weighted by atomic mass is 10.1. The number of halogens is 1. The first kappa shape index (κ1) is 20.5. The van der Waals surface area contributed by atoms with Crippen molar-refractivity contribution in [1.29, 1.82) is 0 Å². The van der Waals surface area contributed by atoms with Crippen LogP contribution in [0.1, 0.15) is 15.9 Å². The molecule has 1 unspecified atom stereocenters. The smallest absolute Gasteiger partial charge is 0.263 e. The highest BCUT2D eigenvalue weighted by atomic mass is 19.1. The summed E-state index contributed by atoms with van der Waals surface area (Å²) in [6.45, 7) is 0.910. The zero-order valence-electron chi connectivity index (χ0n) is 15.9. The average molecular weight is 398 g/mol. The van der Waals surface area contributed by atoms with Crippen molar-refractivity contribution in [3.05, 3.63) is 71.5 Å². The monoisotopic (exact) mass is 398 g/mol. The summed E-state index contributed by atoms with van der Waals surface area (Å²) in [5.41, 5.74) is 6.53. The quantitative estimate of drug-likeness (QED) is 0.751. The van der Waals surface area contributed by atoms with Crippen LogP contribution in [0.2, 0.25) is 0 Å². The largest absolute Gasteiger partial charge is 0.351 e. The van der Waals surface area contributed by atoms with Crippen LogP contribution in [0.5, 0.6) is 0 Å². The molecule has 7 nitrogen and oxygen atoms in total. The number of benzene rings is 2. The molecule has 0 bridgehead atoms. The molecule has 1 aliphatic heterocycles. The fourth-order valence-electron chi connectivity index (χ4n) is 3.30. The molecule has 3 amide bonds. The Balaban J connectivity index is 1.82. The van der Waals surface area contributed by atoms with Crippen molar-refractivity contribution in [3.8, 4) is 0 Å². The molecule has 1 atom stereocenters. The maximum atomic E-state index is 13.2. The van der Waals surface area contributed by atoms with E-state index in [1.165, 1.54) is 34.1 Å². The lowest BCUT2D eigenvalue weighted by Gasteiger charge is -2.29. The summed E-state index contributed by atoms with van der Waals surface area (Å²) < 4.78 is 13.2. The Morgan fingerprint density at radius 1 is 1.00 bits per heavy atom. The second-order valence-electron chi connectivity index (χ2n) is 6.71. The number of carbonyl (C=O) groups excluding carboxylic acids is 3. The third-order valence-electron chi connectivity index (χ3n) is 4.72. The van der Waals surface area contributed by atoms with Crippen LogP contribution in [0, 0.1) is 5.82 Å². The number of hydrogen-bond donors (Lipinski definition) is 2. The Hall–Kier alpha value is -3.26. The molecule has 0 spiro atoms. The number of amides is 3. The van der Waals surface area contributed by atoms with Gasteiger partial charge in [-0.3, -0.25) is 14.4 Å². The van der Waals surface area contributed by atoms with E-state index < -0.39 is 23.8 Å². The van der Waals surface area contributed by atoms with E-state index in [9.17, 15) is 18.8 Å². The van der Waals surface area contributed by atoms with Gasteiger partial charge in [0.25, 0.3) is 11.8 Å². The van der Waals surface area contributed by atoms with Crippen molar-refractivity contribution in [1.82, 2.24) is 15.1 Å². The van der Waals surface area contributed by atoms with Gasteiger partial charge in [-0.2, -0.15) is 0 Å². The molecule has 1 fully saturated rings. The normalized spacial score (nSPS) is 16.0. The second kappa shape index (κ2) is 9.29. The highest BCUT2D eigenvalue weighted by Gasteiger charge is 2.42. The minimum Gasteiger partial charge on any atom is -0.351 e. The standard InChI is InChI=1S/C21H23FN4O3/c22-17-8-6-16(7-9-17)21(29)26-13-12-25(20(26)19(28)24-11-10-23)18(27)14-15-4-2-1-3-5-15/h1-9,20H,10-14,23H2,(H,24,28). The van der Waals surface area contributed by atoms with Gasteiger partial charge < -0.3 is 20.9 Å². The van der Waals surface area contributed by atoms with Gasteiger partial charge in [0, 0.05) is 31.7 Å². The molecule has 0 aromatic heterocycles. The van der Waals surface area contributed by atoms with Crippen LogP contribution in [-0.4, -0.2) is 59.9 Å². The van der Waals surface area contributed by atoms with Gasteiger partial charge in [-0.1, -0.05) is 30.3 Å². The summed E-state index contributed by atoms with van der Waals surface area (Å²) in [5, 5.41) is 2.66. The first-order chi connectivity index (χ1) is 14.0. The van der Waals surface area contributed by atoms with Gasteiger partial charge in [0.05, 0.1) is 6.42 Å². The van der Waals surface area contributed by atoms with Gasteiger partial charge in [-0.05, 0) is 29.8 Å². The van der Waals surface area contributed by atoms with Crippen LogP contribution < -0.4 is 11.1 Å². The van der Waals surface area contributed by atoms with Gasteiger partial charge in [-0.25, -0.2) is 4.39 Å². The van der Waals surface area contributed by atoms with Gasteiger partial charge in [-0.15, -0.1) is 0 Å². The molecular formula is C21H23FN4O3. The summed E-state index contributed by atoms with van der Waals surface area (Å²) in [7, 11) is 0. The zero-order valence-corrected chi connectivity index (χ0v) is 15.9. The Morgan fingerprint density at radius 2 is 1.66 bits per heavy atom. The molecule has 8 heteroatoms. The molecule has 0 saturated carbocycles. The molecule has 2 aromatic carbocycles. The molecule has 0 radical (unpaired) electrons. The van der Waals surface area contributed by atoms with E-state index in [2.05, 4.69) is 5.32 Å². The van der Waals surface area contributed by atoms with Gasteiger partial charge >= 0.3 is 0 Å². The summed E-state index contributed by atoms with van der Waals surface area (Å²) in [5.74, 6) is -1.61. The van der Waals surface area contributed by atoms with Crippen molar-refractivity contribution < 1.29 is 18.8 Å². The summed E-state index contributed by atoms with van der Waals surface area (Å²) >= 11 is 0. The minimum absolute atomic E-state index is 0.125. The summed E-state index contributed by atoms with van der Waals surface area (Å²) in [6, 6.07) is 14.3. The maximum absolute atomic E-state index is 13.2. The number of hydrogen-bond acceptors (Lipinski definition) is 4. The van der Waals surface area contributed by atoms with Gasteiger partial charge in [0.15, 0.2) is 6.17 Å². The van der Waals surface area contributed by atoms with Crippen molar-refractivity contribution >= 4 is 17.7 Å². The Bertz CT molecular complexity index is 873. The second-order valence-corrected chi connectivity index (χ2v) is 6.71. The van der Waals surface area contributed by atoms with Crippen molar-refractivity contribution in [2.24, 2.45) is 5.73 Å². The molecule has 3 N–H and O–H groups in total. The highest BCUT2D eigenvalue weighted by Crippen LogP contribution is 2.20. The van der Waals surface area contributed by atoms with Crippen LogP contribution in [-0.2, 0) is 16.0 Å². The molecule has 29 heavy (non-hydrogen) atoms. The number of nitrogens with zero attached hydrogens (tertiary/aromatic N) is 2. The third kappa shape index (κ3) is 4.78. The first-order valence-corrected chi connectivity index (χ1v) is 9.39. The number of rotatable bonds is 6. The van der Waals surface area contributed by atoms with Crippen LogP contribution >= 0.6 is 0 Å². The van der Waals surface area contributed by atoms with Crippen LogP contribution in [0.25, 0.3) is 0 Å². The van der Waals surface area contributed by atoms with Crippen LogP contribution in [0.4, 0.5) is 4.39 Å². The molecule has 152 valence electrons. The van der Waals surface area contributed by atoms with Crippen LogP contribution in [0.15, 0.2) is 54.6 Å². The van der Waals surface area contributed by atoms with E-state index in [4.69, 9.17) is 5.73 Å². The molecule has 1 heterocycles. The summed E-state index contributed by atoms with van der Waals surface area (Å²) in [4.78, 5) is 41.3. The number of nitrogens with one attached hydrogen (secondary N) is 1. The maximum Gasteiger partial charge on any atom is 0.263 e. The van der Waals surface area contributed by atoms with Crippen molar-refractivity contribution in [3.63, 3.8) is 0 Å². The molecular weight excluding hydrogens is 375 g/mol. The topological polar surface area (TPSA) is 95.7 Å². The van der Waals surface area contributed by atoms with Crippen LogP contribution in [0.3, 0.4) is 0 Å².